The largest absolute Gasteiger partial charge is 0.398 e. The van der Waals surface area contributed by atoms with Crippen molar-refractivity contribution in [1.29, 1.82) is 0 Å². The first-order valence-electron chi connectivity index (χ1n) is 6.11. The zero-order valence-electron chi connectivity index (χ0n) is 11.2. The van der Waals surface area contributed by atoms with Gasteiger partial charge in [-0.1, -0.05) is 29.8 Å². The molecule has 7 nitrogen and oxygen atoms in total. The van der Waals surface area contributed by atoms with Gasteiger partial charge in [0, 0.05) is 17.3 Å². The molecular weight excluding hydrogens is 308 g/mol. The first-order chi connectivity index (χ1) is 10.5. The maximum absolute atomic E-state index is 11.9. The van der Waals surface area contributed by atoms with Crippen LogP contribution < -0.4 is 11.2 Å². The van der Waals surface area contributed by atoms with Gasteiger partial charge in [0.15, 0.2) is 0 Å². The second kappa shape index (κ2) is 6.68. The summed E-state index contributed by atoms with van der Waals surface area (Å²) < 4.78 is 0. The third-order valence-electron chi connectivity index (χ3n) is 2.75. The Bertz CT molecular complexity index is 762. The van der Waals surface area contributed by atoms with Crippen molar-refractivity contribution in [2.45, 2.75) is 0 Å². The van der Waals surface area contributed by atoms with E-state index in [1.165, 1.54) is 18.3 Å². The van der Waals surface area contributed by atoms with E-state index in [4.69, 9.17) is 17.3 Å². The summed E-state index contributed by atoms with van der Waals surface area (Å²) in [6, 6.07) is 10.7. The van der Waals surface area contributed by atoms with Crippen molar-refractivity contribution in [2.24, 2.45) is 5.10 Å². The number of carbonyl (C=O) groups excluding carboxylic acids is 1. The number of hydrogen-bond acceptors (Lipinski definition) is 5. The van der Waals surface area contributed by atoms with E-state index >= 15 is 0 Å². The van der Waals surface area contributed by atoms with E-state index in [-0.39, 0.29) is 10.7 Å². The molecule has 2 aromatic carbocycles. The van der Waals surface area contributed by atoms with Gasteiger partial charge in [-0.05, 0) is 18.2 Å². The predicted molar refractivity (Wildman–Crippen MR) is 84.0 cm³/mol. The van der Waals surface area contributed by atoms with Crippen molar-refractivity contribution in [2.75, 3.05) is 5.73 Å². The van der Waals surface area contributed by atoms with Gasteiger partial charge in [-0.25, -0.2) is 5.43 Å². The van der Waals surface area contributed by atoms with Crippen molar-refractivity contribution in [3.05, 3.63) is 68.7 Å². The summed E-state index contributed by atoms with van der Waals surface area (Å²) in [6.07, 6.45) is 1.28. The van der Waals surface area contributed by atoms with Crippen molar-refractivity contribution in [3.63, 3.8) is 0 Å². The van der Waals surface area contributed by atoms with E-state index in [9.17, 15) is 14.9 Å². The molecule has 2 aromatic rings. The molecule has 0 bridgehead atoms. The molecule has 8 heteroatoms. The Morgan fingerprint density at radius 3 is 2.73 bits per heavy atom. The maximum Gasteiger partial charge on any atom is 0.288 e. The van der Waals surface area contributed by atoms with Crippen LogP contribution in [0.4, 0.5) is 11.4 Å². The second-order valence-electron chi connectivity index (χ2n) is 4.25. The van der Waals surface area contributed by atoms with Gasteiger partial charge in [0.25, 0.3) is 11.6 Å². The maximum atomic E-state index is 11.9. The summed E-state index contributed by atoms with van der Waals surface area (Å²) in [6.45, 7) is 0. The van der Waals surface area contributed by atoms with Crippen LogP contribution >= 0.6 is 11.6 Å². The first kappa shape index (κ1) is 15.5. The fourth-order valence-electron chi connectivity index (χ4n) is 1.68. The van der Waals surface area contributed by atoms with E-state index in [0.29, 0.717) is 16.8 Å². The first-order valence-corrected chi connectivity index (χ1v) is 6.48. The Kier molecular flexibility index (Phi) is 4.70. The van der Waals surface area contributed by atoms with E-state index in [1.807, 2.05) is 0 Å². The number of nitrogens with two attached hydrogens (primary N) is 1. The van der Waals surface area contributed by atoms with Gasteiger partial charge in [-0.2, -0.15) is 5.10 Å². The van der Waals surface area contributed by atoms with Crippen LogP contribution in [0.1, 0.15) is 15.9 Å². The van der Waals surface area contributed by atoms with Gasteiger partial charge in [-0.15, -0.1) is 0 Å². The molecule has 3 N–H and O–H groups in total. The van der Waals surface area contributed by atoms with Gasteiger partial charge >= 0.3 is 0 Å². The normalized spacial score (nSPS) is 10.6. The smallest absolute Gasteiger partial charge is 0.288 e. The summed E-state index contributed by atoms with van der Waals surface area (Å²) >= 11 is 5.70. The van der Waals surface area contributed by atoms with E-state index < -0.39 is 10.8 Å². The fourth-order valence-corrected chi connectivity index (χ4v) is 1.87. The Labute approximate surface area is 130 Å². The van der Waals surface area contributed by atoms with Crippen molar-refractivity contribution >= 4 is 35.1 Å². The highest BCUT2D eigenvalue weighted by Crippen LogP contribution is 2.24. The van der Waals surface area contributed by atoms with Gasteiger partial charge in [0.1, 0.15) is 5.02 Å². The Morgan fingerprint density at radius 2 is 2.05 bits per heavy atom. The number of rotatable bonds is 4. The van der Waals surface area contributed by atoms with E-state index in [0.717, 1.165) is 0 Å². The SMILES string of the molecule is Nc1ccccc1C(=O)N/N=C\c1ccc(Cl)c([N+](=O)[O-])c1. The van der Waals surface area contributed by atoms with Crippen LogP contribution in [0.15, 0.2) is 47.6 Å². The van der Waals surface area contributed by atoms with Crippen LogP contribution in [0.2, 0.25) is 5.02 Å². The number of carbonyl (C=O) groups is 1. The third-order valence-corrected chi connectivity index (χ3v) is 3.07. The molecule has 0 aliphatic rings. The molecule has 22 heavy (non-hydrogen) atoms. The summed E-state index contributed by atoms with van der Waals surface area (Å²) in [4.78, 5) is 22.0. The molecule has 0 aliphatic heterocycles. The molecule has 0 saturated carbocycles. The van der Waals surface area contributed by atoms with Crippen LogP contribution in [-0.4, -0.2) is 17.0 Å². The van der Waals surface area contributed by atoms with E-state index in [1.54, 1.807) is 30.3 Å². The lowest BCUT2D eigenvalue weighted by atomic mass is 10.2. The lowest BCUT2D eigenvalue weighted by molar-refractivity contribution is -0.384. The van der Waals surface area contributed by atoms with Crippen LogP contribution in [0.5, 0.6) is 0 Å². The molecule has 112 valence electrons. The number of nitrogens with zero attached hydrogens (tertiary/aromatic N) is 2. The number of hydrazone groups is 1. The standard InChI is InChI=1S/C14H11ClN4O3/c15-11-6-5-9(7-13(11)19(21)22)8-17-18-14(20)10-3-1-2-4-12(10)16/h1-8H,16H2,(H,18,20)/b17-8-. The number of anilines is 1. The average Bonchev–Trinajstić information content (AvgIpc) is 2.49. The highest BCUT2D eigenvalue weighted by molar-refractivity contribution is 6.32. The van der Waals surface area contributed by atoms with Crippen LogP contribution in [0.25, 0.3) is 0 Å². The quantitative estimate of drug-likeness (QED) is 0.390. The molecule has 0 radical (unpaired) electrons. The monoisotopic (exact) mass is 318 g/mol. The molecule has 0 unspecified atom stereocenters. The van der Waals surface area contributed by atoms with Gasteiger partial charge < -0.3 is 5.73 Å². The minimum Gasteiger partial charge on any atom is -0.398 e. The van der Waals surface area contributed by atoms with Crippen LogP contribution in [0, 0.1) is 10.1 Å². The number of nitrogens with one attached hydrogen (secondary N) is 1. The zero-order chi connectivity index (χ0) is 16.1. The number of benzene rings is 2. The molecule has 0 fully saturated rings. The van der Waals surface area contributed by atoms with Gasteiger partial charge in [-0.3, -0.25) is 14.9 Å². The van der Waals surface area contributed by atoms with E-state index in [2.05, 4.69) is 10.5 Å². The molecule has 0 atom stereocenters. The van der Waals surface area contributed by atoms with Crippen LogP contribution in [0.3, 0.4) is 0 Å². The van der Waals surface area contributed by atoms with Crippen molar-refractivity contribution in [1.82, 2.24) is 5.43 Å². The number of halogens is 1. The number of amides is 1. The lowest BCUT2D eigenvalue weighted by Gasteiger charge is -2.02. The average molecular weight is 319 g/mol. The Hall–Kier alpha value is -2.93. The molecule has 0 aliphatic carbocycles. The number of nitrogen functional groups attached to an aromatic ring is 1. The number of nitro groups is 1. The Balaban J connectivity index is 2.10. The molecule has 0 heterocycles. The van der Waals surface area contributed by atoms with Gasteiger partial charge in [0.05, 0.1) is 16.7 Å². The minimum atomic E-state index is -0.594. The molecule has 0 aromatic heterocycles. The minimum absolute atomic E-state index is 0.0308. The summed E-state index contributed by atoms with van der Waals surface area (Å²) in [7, 11) is 0. The molecule has 2 rings (SSSR count). The number of nitro benzene ring substituents is 1. The van der Waals surface area contributed by atoms with Crippen molar-refractivity contribution < 1.29 is 9.72 Å². The summed E-state index contributed by atoms with van der Waals surface area (Å²) in [5, 5.41) is 14.5. The summed E-state index contributed by atoms with van der Waals surface area (Å²) in [5.74, 6) is -0.474. The second-order valence-corrected chi connectivity index (χ2v) is 4.66. The number of para-hydroxylation sites is 1. The van der Waals surface area contributed by atoms with Crippen LogP contribution in [-0.2, 0) is 0 Å². The zero-order valence-corrected chi connectivity index (χ0v) is 11.9. The highest BCUT2D eigenvalue weighted by Gasteiger charge is 2.12. The topological polar surface area (TPSA) is 111 Å². The molecule has 0 spiro atoms. The predicted octanol–water partition coefficient (Wildman–Crippen LogP) is 2.59. The lowest BCUT2D eigenvalue weighted by Crippen LogP contribution is -2.19. The fraction of sp³-hybridized carbons (Fsp3) is 0. The van der Waals surface area contributed by atoms with Crippen molar-refractivity contribution in [3.8, 4) is 0 Å². The third kappa shape index (κ3) is 3.58. The van der Waals surface area contributed by atoms with Gasteiger partial charge in [0.2, 0.25) is 0 Å². The molecular formula is C14H11ClN4O3. The molecule has 1 amide bonds. The number of hydrogen-bond donors (Lipinski definition) is 2. The highest BCUT2D eigenvalue weighted by atomic mass is 35.5. The summed E-state index contributed by atoms with van der Waals surface area (Å²) in [5.41, 5.74) is 8.79. The molecule has 0 saturated heterocycles. The Morgan fingerprint density at radius 1 is 1.32 bits per heavy atom.